The lowest BCUT2D eigenvalue weighted by Gasteiger charge is -2.45. The first-order valence-corrected chi connectivity index (χ1v) is 3.62. The third kappa shape index (κ3) is 1.08. The lowest BCUT2D eigenvalue weighted by atomic mass is 9.63. The molecule has 0 aromatic rings. The van der Waals surface area contributed by atoms with Gasteiger partial charge in [0.25, 0.3) is 0 Å². The molecule has 2 N–H and O–H groups in total. The predicted octanol–water partition coefficient (Wildman–Crippen LogP) is 1.56. The van der Waals surface area contributed by atoms with E-state index in [2.05, 4.69) is 0 Å². The smallest absolute Gasteiger partial charge is 0.00674 e. The van der Waals surface area contributed by atoms with Crippen LogP contribution in [0.1, 0.15) is 25.7 Å². The summed E-state index contributed by atoms with van der Waals surface area (Å²) in [6.45, 7) is 0. The van der Waals surface area contributed by atoms with Crippen molar-refractivity contribution in [2.24, 2.45) is 17.6 Å². The van der Waals surface area contributed by atoms with Crippen molar-refractivity contribution in [3.8, 4) is 0 Å². The van der Waals surface area contributed by atoms with Crippen molar-refractivity contribution >= 4 is 12.4 Å². The molecular formula is C7H14ClN. The molecule has 1 unspecified atom stereocenters. The van der Waals surface area contributed by atoms with Crippen LogP contribution in [0.3, 0.4) is 0 Å². The highest BCUT2D eigenvalue weighted by Crippen LogP contribution is 2.44. The van der Waals surface area contributed by atoms with Gasteiger partial charge in [-0.05, 0) is 37.5 Å². The van der Waals surface area contributed by atoms with Gasteiger partial charge in [0.2, 0.25) is 0 Å². The fourth-order valence-corrected chi connectivity index (χ4v) is 2.04. The van der Waals surface area contributed by atoms with E-state index in [0.717, 1.165) is 11.8 Å². The normalized spacial score (nSPS) is 47.0. The first kappa shape index (κ1) is 7.36. The van der Waals surface area contributed by atoms with Gasteiger partial charge in [0.15, 0.2) is 0 Å². The number of rotatable bonds is 0. The zero-order valence-electron chi connectivity index (χ0n) is 5.55. The van der Waals surface area contributed by atoms with Gasteiger partial charge >= 0.3 is 0 Å². The molecule has 3 aliphatic carbocycles. The molecule has 1 nitrogen and oxygen atoms in total. The summed E-state index contributed by atoms with van der Waals surface area (Å²) in [5, 5.41) is 0. The summed E-state index contributed by atoms with van der Waals surface area (Å²) in [6, 6.07) is 0.569. The second-order valence-corrected chi connectivity index (χ2v) is 3.34. The summed E-state index contributed by atoms with van der Waals surface area (Å²) in [5.74, 6) is 2.01. The van der Waals surface area contributed by atoms with Crippen LogP contribution in [0.5, 0.6) is 0 Å². The van der Waals surface area contributed by atoms with Gasteiger partial charge in [-0.15, -0.1) is 12.4 Å². The van der Waals surface area contributed by atoms with Crippen molar-refractivity contribution in [2.75, 3.05) is 0 Å². The summed E-state index contributed by atoms with van der Waals surface area (Å²) in [6.07, 6.45) is 5.61. The van der Waals surface area contributed by atoms with Crippen LogP contribution in [-0.4, -0.2) is 6.04 Å². The van der Waals surface area contributed by atoms with Gasteiger partial charge in [0, 0.05) is 6.04 Å². The standard InChI is InChI=1S/C7H13N.ClH/c8-7-2-1-5-3-6(7)4-5;/h5-7H,1-4,8H2;1H. The Morgan fingerprint density at radius 3 is 2.00 bits per heavy atom. The molecule has 0 saturated heterocycles. The van der Waals surface area contributed by atoms with Crippen LogP contribution in [-0.2, 0) is 0 Å². The maximum Gasteiger partial charge on any atom is 0.00674 e. The Kier molecular flexibility index (Phi) is 2.02. The molecule has 0 radical (unpaired) electrons. The molecule has 0 spiro atoms. The van der Waals surface area contributed by atoms with Crippen LogP contribution < -0.4 is 5.73 Å². The Hall–Kier alpha value is 0.250. The second-order valence-electron chi connectivity index (χ2n) is 3.34. The number of fused-ring (bicyclic) bond motifs is 2. The first-order chi connectivity index (χ1) is 3.86. The molecular weight excluding hydrogens is 134 g/mol. The van der Waals surface area contributed by atoms with Gasteiger partial charge in [0.05, 0.1) is 0 Å². The Labute approximate surface area is 62.4 Å². The fraction of sp³-hybridized carbons (Fsp3) is 1.00. The number of halogens is 1. The molecule has 0 aromatic carbocycles. The topological polar surface area (TPSA) is 26.0 Å². The van der Waals surface area contributed by atoms with E-state index in [-0.39, 0.29) is 12.4 Å². The van der Waals surface area contributed by atoms with Crippen LogP contribution in [0.2, 0.25) is 0 Å². The molecule has 2 heteroatoms. The minimum absolute atomic E-state index is 0. The van der Waals surface area contributed by atoms with Crippen LogP contribution in [0, 0.1) is 11.8 Å². The first-order valence-electron chi connectivity index (χ1n) is 3.62. The molecule has 9 heavy (non-hydrogen) atoms. The van der Waals surface area contributed by atoms with E-state index < -0.39 is 0 Å². The lowest BCUT2D eigenvalue weighted by Crippen LogP contribution is -2.44. The minimum Gasteiger partial charge on any atom is -0.327 e. The van der Waals surface area contributed by atoms with Crippen LogP contribution in [0.25, 0.3) is 0 Å². The van der Waals surface area contributed by atoms with Crippen molar-refractivity contribution in [2.45, 2.75) is 31.7 Å². The molecule has 0 amide bonds. The summed E-state index contributed by atoms with van der Waals surface area (Å²) in [7, 11) is 0. The predicted molar refractivity (Wildman–Crippen MR) is 40.7 cm³/mol. The van der Waals surface area contributed by atoms with Crippen LogP contribution in [0.4, 0.5) is 0 Å². The third-order valence-electron chi connectivity index (χ3n) is 2.79. The number of hydrogen-bond donors (Lipinski definition) is 1. The third-order valence-corrected chi connectivity index (χ3v) is 2.79. The molecule has 0 heterocycles. The zero-order valence-corrected chi connectivity index (χ0v) is 6.36. The second kappa shape index (κ2) is 2.47. The van der Waals surface area contributed by atoms with Gasteiger partial charge in [-0.25, -0.2) is 0 Å². The van der Waals surface area contributed by atoms with Crippen molar-refractivity contribution in [1.82, 2.24) is 0 Å². The summed E-state index contributed by atoms with van der Waals surface area (Å²) >= 11 is 0. The SMILES string of the molecule is Cl.NC1CCC2CC1C2. The molecule has 1 atom stereocenters. The van der Waals surface area contributed by atoms with E-state index in [4.69, 9.17) is 5.73 Å². The zero-order chi connectivity index (χ0) is 5.56. The fourth-order valence-electron chi connectivity index (χ4n) is 2.04. The van der Waals surface area contributed by atoms with Crippen molar-refractivity contribution < 1.29 is 0 Å². The molecule has 54 valence electrons. The van der Waals surface area contributed by atoms with Gasteiger partial charge in [-0.2, -0.15) is 0 Å². The molecule has 0 aliphatic heterocycles. The maximum atomic E-state index is 5.82. The molecule has 3 saturated carbocycles. The van der Waals surface area contributed by atoms with Gasteiger partial charge in [-0.3, -0.25) is 0 Å². The van der Waals surface area contributed by atoms with Gasteiger partial charge in [0.1, 0.15) is 0 Å². The van der Waals surface area contributed by atoms with E-state index in [1.807, 2.05) is 0 Å². The monoisotopic (exact) mass is 147 g/mol. The number of nitrogens with two attached hydrogens (primary N) is 1. The van der Waals surface area contributed by atoms with Crippen molar-refractivity contribution in [3.05, 3.63) is 0 Å². The molecule has 3 fully saturated rings. The average Bonchev–Trinajstić information content (AvgIpc) is 1.62. The Bertz CT molecular complexity index is 93.6. The van der Waals surface area contributed by atoms with Crippen LogP contribution in [0.15, 0.2) is 0 Å². The molecule has 3 rings (SSSR count). The van der Waals surface area contributed by atoms with Crippen LogP contribution >= 0.6 is 12.4 Å². The Morgan fingerprint density at radius 1 is 1.11 bits per heavy atom. The summed E-state index contributed by atoms with van der Waals surface area (Å²) in [4.78, 5) is 0. The van der Waals surface area contributed by atoms with E-state index >= 15 is 0 Å². The molecule has 2 bridgehead atoms. The quantitative estimate of drug-likeness (QED) is 0.553. The molecule has 0 aromatic heterocycles. The minimum atomic E-state index is 0. The number of hydrogen-bond acceptors (Lipinski definition) is 1. The molecule has 3 aliphatic rings. The van der Waals surface area contributed by atoms with Gasteiger partial charge in [-0.1, -0.05) is 0 Å². The highest BCUT2D eigenvalue weighted by molar-refractivity contribution is 5.85. The highest BCUT2D eigenvalue weighted by atomic mass is 35.5. The van der Waals surface area contributed by atoms with E-state index in [9.17, 15) is 0 Å². The Morgan fingerprint density at radius 2 is 1.78 bits per heavy atom. The van der Waals surface area contributed by atoms with E-state index in [1.165, 1.54) is 25.7 Å². The average molecular weight is 148 g/mol. The lowest BCUT2D eigenvalue weighted by molar-refractivity contribution is 0.0917. The van der Waals surface area contributed by atoms with Gasteiger partial charge < -0.3 is 5.73 Å². The maximum absolute atomic E-state index is 5.82. The van der Waals surface area contributed by atoms with Crippen molar-refractivity contribution in [3.63, 3.8) is 0 Å². The Balaban J connectivity index is 0.000000405. The largest absolute Gasteiger partial charge is 0.327 e. The van der Waals surface area contributed by atoms with E-state index in [0.29, 0.717) is 6.04 Å². The highest BCUT2D eigenvalue weighted by Gasteiger charge is 2.37. The van der Waals surface area contributed by atoms with Crippen molar-refractivity contribution in [1.29, 1.82) is 0 Å². The summed E-state index contributed by atoms with van der Waals surface area (Å²) < 4.78 is 0. The summed E-state index contributed by atoms with van der Waals surface area (Å²) in [5.41, 5.74) is 5.82. The van der Waals surface area contributed by atoms with E-state index in [1.54, 1.807) is 0 Å².